The zero-order valence-corrected chi connectivity index (χ0v) is 24.5. The van der Waals surface area contributed by atoms with Gasteiger partial charge in [0.25, 0.3) is 5.91 Å². The van der Waals surface area contributed by atoms with Crippen molar-refractivity contribution in [3.63, 3.8) is 0 Å². The number of piperidine rings is 1. The Bertz CT molecular complexity index is 1500. The molecule has 2 amide bonds. The molecule has 0 atom stereocenters. The molecule has 1 saturated heterocycles. The first-order valence-electron chi connectivity index (χ1n) is 13.2. The Morgan fingerprint density at radius 3 is 2.45 bits per heavy atom. The number of ether oxygens (including phenoxy) is 2. The minimum Gasteiger partial charge on any atom is -0.489 e. The number of nitriles is 1. The van der Waals surface area contributed by atoms with Gasteiger partial charge >= 0.3 is 12.1 Å². The van der Waals surface area contributed by atoms with Crippen LogP contribution in [0.3, 0.4) is 0 Å². The van der Waals surface area contributed by atoms with Crippen LogP contribution in [0.2, 0.25) is 0 Å². The van der Waals surface area contributed by atoms with E-state index in [2.05, 4.69) is 0 Å². The molecular formula is C29H34N4O8S. The standard InChI is InChI=1S/C29H34N4O8S/c1-29(2,3)41-28(37)32-14-11-23(12-15-32)40-25-10-9-22(17-24(25)27(31)36)33(42(38,39)19-26(34)35)13-5-8-20-6-4-7-21(16-20)18-30/h4-10,16-17,23H,11-15,19H2,1-3H3,(H2,31,36)(H,34,35). The van der Waals surface area contributed by atoms with Crippen molar-refractivity contribution in [1.82, 2.24) is 4.90 Å². The molecule has 0 aliphatic carbocycles. The van der Waals surface area contributed by atoms with E-state index in [1.54, 1.807) is 56.0 Å². The zero-order chi connectivity index (χ0) is 31.1. The Kier molecular flexibility index (Phi) is 10.2. The third kappa shape index (κ3) is 8.97. The summed E-state index contributed by atoms with van der Waals surface area (Å²) < 4.78 is 38.3. The number of hydrogen-bond donors (Lipinski definition) is 2. The fraction of sp³-hybridized carbons (Fsp3) is 0.379. The molecule has 3 N–H and O–H groups in total. The predicted molar refractivity (Wildman–Crippen MR) is 155 cm³/mol. The molecule has 0 bridgehead atoms. The van der Waals surface area contributed by atoms with Crippen LogP contribution in [0.4, 0.5) is 10.5 Å². The van der Waals surface area contributed by atoms with Crippen LogP contribution in [0.15, 0.2) is 48.5 Å². The maximum atomic E-state index is 13.0. The Hall–Kier alpha value is -4.57. The van der Waals surface area contributed by atoms with Gasteiger partial charge in [-0.2, -0.15) is 5.26 Å². The van der Waals surface area contributed by atoms with E-state index in [0.29, 0.717) is 37.1 Å². The predicted octanol–water partition coefficient (Wildman–Crippen LogP) is 3.37. The molecule has 0 spiro atoms. The Labute approximate surface area is 245 Å². The van der Waals surface area contributed by atoms with Crippen molar-refractivity contribution in [2.24, 2.45) is 5.73 Å². The van der Waals surface area contributed by atoms with Gasteiger partial charge in [-0.15, -0.1) is 0 Å². The van der Waals surface area contributed by atoms with Crippen LogP contribution < -0.4 is 14.8 Å². The highest BCUT2D eigenvalue weighted by Gasteiger charge is 2.30. The highest BCUT2D eigenvalue weighted by molar-refractivity contribution is 7.93. The first-order chi connectivity index (χ1) is 19.7. The number of rotatable bonds is 10. The lowest BCUT2D eigenvalue weighted by molar-refractivity contribution is -0.134. The quantitative estimate of drug-likeness (QED) is 0.414. The summed E-state index contributed by atoms with van der Waals surface area (Å²) in [6, 6.07) is 12.7. The van der Waals surface area contributed by atoms with Crippen LogP contribution in [0.5, 0.6) is 5.75 Å². The largest absolute Gasteiger partial charge is 0.489 e. The molecule has 13 heteroatoms. The van der Waals surface area contributed by atoms with E-state index in [9.17, 15) is 27.9 Å². The average Bonchev–Trinajstić information content (AvgIpc) is 2.90. The normalized spacial score (nSPS) is 14.3. The fourth-order valence-corrected chi connectivity index (χ4v) is 5.46. The molecule has 12 nitrogen and oxygen atoms in total. The van der Waals surface area contributed by atoms with Gasteiger partial charge in [0, 0.05) is 25.9 Å². The summed E-state index contributed by atoms with van der Waals surface area (Å²) in [5.74, 6) is -3.44. The van der Waals surface area contributed by atoms with Gasteiger partial charge in [0.15, 0.2) is 5.75 Å². The van der Waals surface area contributed by atoms with Crippen LogP contribution >= 0.6 is 0 Å². The highest BCUT2D eigenvalue weighted by Crippen LogP contribution is 2.29. The van der Waals surface area contributed by atoms with Gasteiger partial charge in [-0.3, -0.25) is 13.9 Å². The van der Waals surface area contributed by atoms with Crippen LogP contribution in [0.25, 0.3) is 6.08 Å². The molecule has 42 heavy (non-hydrogen) atoms. The third-order valence-electron chi connectivity index (χ3n) is 6.14. The van der Waals surface area contributed by atoms with Gasteiger partial charge < -0.3 is 25.2 Å². The number of carbonyl (C=O) groups is 3. The summed E-state index contributed by atoms with van der Waals surface area (Å²) in [5, 5.41) is 18.3. The number of amides is 2. The second-order valence-electron chi connectivity index (χ2n) is 10.7. The van der Waals surface area contributed by atoms with Gasteiger partial charge in [-0.1, -0.05) is 24.3 Å². The van der Waals surface area contributed by atoms with Crippen molar-refractivity contribution < 1.29 is 37.4 Å². The lowest BCUT2D eigenvalue weighted by atomic mass is 10.1. The number of nitrogens with two attached hydrogens (primary N) is 1. The van der Waals surface area contributed by atoms with E-state index in [1.165, 1.54) is 24.3 Å². The van der Waals surface area contributed by atoms with Gasteiger partial charge in [0.1, 0.15) is 17.5 Å². The Morgan fingerprint density at radius 1 is 1.17 bits per heavy atom. The molecule has 1 fully saturated rings. The van der Waals surface area contributed by atoms with Gasteiger partial charge in [0.05, 0.1) is 29.4 Å². The molecule has 0 unspecified atom stereocenters. The maximum Gasteiger partial charge on any atom is 0.410 e. The summed E-state index contributed by atoms with van der Waals surface area (Å²) in [4.78, 5) is 37.6. The number of primary amides is 1. The van der Waals surface area contributed by atoms with Crippen molar-refractivity contribution in [1.29, 1.82) is 5.26 Å². The zero-order valence-electron chi connectivity index (χ0n) is 23.6. The van der Waals surface area contributed by atoms with Crippen molar-refractivity contribution in [3.8, 4) is 11.8 Å². The first kappa shape index (κ1) is 32.0. The van der Waals surface area contributed by atoms with Gasteiger partial charge in [-0.25, -0.2) is 13.2 Å². The van der Waals surface area contributed by atoms with Crippen LogP contribution in [0.1, 0.15) is 55.1 Å². The molecule has 2 aromatic rings. The topological polar surface area (TPSA) is 180 Å². The number of carbonyl (C=O) groups excluding carboxylic acids is 2. The number of aliphatic carboxylic acids is 1. The Balaban J connectivity index is 1.82. The van der Waals surface area contributed by atoms with E-state index in [1.807, 2.05) is 6.07 Å². The summed E-state index contributed by atoms with van der Waals surface area (Å²) in [6.07, 6.45) is 3.28. The average molecular weight is 599 g/mol. The fourth-order valence-electron chi connectivity index (χ4n) is 4.24. The van der Waals surface area contributed by atoms with E-state index < -0.39 is 39.3 Å². The van der Waals surface area contributed by atoms with Crippen molar-refractivity contribution in [2.45, 2.75) is 45.3 Å². The molecular weight excluding hydrogens is 564 g/mol. The Morgan fingerprint density at radius 2 is 1.86 bits per heavy atom. The summed E-state index contributed by atoms with van der Waals surface area (Å²) in [7, 11) is -4.36. The third-order valence-corrected chi connectivity index (χ3v) is 7.79. The van der Waals surface area contributed by atoms with E-state index in [-0.39, 0.29) is 29.6 Å². The molecule has 224 valence electrons. The highest BCUT2D eigenvalue weighted by atomic mass is 32.2. The van der Waals surface area contributed by atoms with Crippen LogP contribution in [-0.2, 0) is 19.6 Å². The van der Waals surface area contributed by atoms with Crippen molar-refractivity contribution in [3.05, 3.63) is 65.2 Å². The number of hydrogen-bond acceptors (Lipinski definition) is 8. The molecule has 0 saturated carbocycles. The summed E-state index contributed by atoms with van der Waals surface area (Å²) >= 11 is 0. The number of sulfonamides is 1. The van der Waals surface area contributed by atoms with E-state index in [0.717, 1.165) is 4.31 Å². The molecule has 1 aliphatic rings. The molecule has 1 heterocycles. The number of likely N-dealkylation sites (tertiary alicyclic amines) is 1. The number of nitrogens with zero attached hydrogens (tertiary/aromatic N) is 3. The van der Waals surface area contributed by atoms with E-state index >= 15 is 0 Å². The second-order valence-corrected chi connectivity index (χ2v) is 12.5. The molecule has 3 rings (SSSR count). The molecule has 2 aromatic carbocycles. The summed E-state index contributed by atoms with van der Waals surface area (Å²) in [6.45, 7) is 5.87. The van der Waals surface area contributed by atoms with Crippen molar-refractivity contribution in [2.75, 3.05) is 29.7 Å². The number of anilines is 1. The number of carboxylic acid groups (broad SMARTS) is 1. The molecule has 0 radical (unpaired) electrons. The van der Waals surface area contributed by atoms with Gasteiger partial charge in [0.2, 0.25) is 10.0 Å². The van der Waals surface area contributed by atoms with E-state index in [4.69, 9.17) is 20.5 Å². The number of carboxylic acids is 1. The lowest BCUT2D eigenvalue weighted by Crippen LogP contribution is -2.44. The smallest absolute Gasteiger partial charge is 0.410 e. The van der Waals surface area contributed by atoms with Crippen LogP contribution in [-0.4, -0.2) is 73.5 Å². The monoisotopic (exact) mass is 598 g/mol. The second kappa shape index (κ2) is 13.4. The molecule has 1 aliphatic heterocycles. The first-order valence-corrected chi connectivity index (χ1v) is 14.8. The molecule has 0 aromatic heterocycles. The summed E-state index contributed by atoms with van der Waals surface area (Å²) in [5.41, 5.74) is 6.00. The lowest BCUT2D eigenvalue weighted by Gasteiger charge is -2.33. The maximum absolute atomic E-state index is 13.0. The van der Waals surface area contributed by atoms with Crippen molar-refractivity contribution >= 4 is 39.8 Å². The van der Waals surface area contributed by atoms with Gasteiger partial charge in [-0.05, 0) is 56.7 Å². The number of benzene rings is 2. The van der Waals surface area contributed by atoms with Crippen LogP contribution in [0, 0.1) is 11.3 Å². The SMILES string of the molecule is CC(C)(C)OC(=O)N1CCC(Oc2ccc(N(CC=Cc3cccc(C#N)c3)S(=O)(=O)CC(=O)O)cc2C(N)=O)CC1. The minimum absolute atomic E-state index is 0.0209. The minimum atomic E-state index is -4.36.